The number of hydrogen-bond donors (Lipinski definition) is 3. The van der Waals surface area contributed by atoms with E-state index in [4.69, 9.17) is 5.41 Å². The van der Waals surface area contributed by atoms with Crippen LogP contribution in [0.2, 0.25) is 0 Å². The number of fused-ring (bicyclic) bond motifs is 1. The zero-order chi connectivity index (χ0) is 7.68. The molecule has 3 nitrogen and oxygen atoms in total. The van der Waals surface area contributed by atoms with Crippen LogP contribution in [0.4, 0.5) is 0 Å². The van der Waals surface area contributed by atoms with E-state index in [2.05, 4.69) is 10.6 Å². The summed E-state index contributed by atoms with van der Waals surface area (Å²) in [6.45, 7) is 0.737. The van der Waals surface area contributed by atoms with Crippen molar-refractivity contribution in [3.63, 3.8) is 0 Å². The largest absolute Gasteiger partial charge is 0.369 e. The van der Waals surface area contributed by atoms with Gasteiger partial charge in [-0.05, 0) is 12.8 Å². The molecule has 0 unspecified atom stereocenters. The molecule has 3 N–H and O–H groups in total. The summed E-state index contributed by atoms with van der Waals surface area (Å²) < 4.78 is 0. The van der Waals surface area contributed by atoms with Gasteiger partial charge in [0.1, 0.15) is 5.84 Å². The average Bonchev–Trinajstić information content (AvgIpc) is 2.04. The Morgan fingerprint density at radius 3 is 2.73 bits per heavy atom. The van der Waals surface area contributed by atoms with Crippen LogP contribution in [0.1, 0.15) is 25.7 Å². The smallest absolute Gasteiger partial charge is 0.108 e. The molecule has 2 fully saturated rings. The van der Waals surface area contributed by atoms with Gasteiger partial charge in [0, 0.05) is 12.1 Å². The Morgan fingerprint density at radius 2 is 1.91 bits per heavy atom. The van der Waals surface area contributed by atoms with Crippen LogP contribution in [0.25, 0.3) is 0 Å². The second-order valence-corrected chi connectivity index (χ2v) is 3.50. The zero-order valence-electron chi connectivity index (χ0n) is 6.69. The summed E-state index contributed by atoms with van der Waals surface area (Å²) in [5.41, 5.74) is 0. The molecule has 1 heterocycles. The van der Waals surface area contributed by atoms with Crippen LogP contribution in [-0.4, -0.2) is 24.5 Å². The maximum absolute atomic E-state index is 7.44. The molecule has 3 heteroatoms. The van der Waals surface area contributed by atoms with Crippen LogP contribution in [-0.2, 0) is 0 Å². The molecule has 0 aromatic heterocycles. The fourth-order valence-corrected chi connectivity index (χ4v) is 2.06. The molecule has 0 bridgehead atoms. The summed E-state index contributed by atoms with van der Waals surface area (Å²) in [6, 6.07) is 1.18. The van der Waals surface area contributed by atoms with Crippen molar-refractivity contribution in [2.75, 3.05) is 6.54 Å². The number of amidine groups is 1. The topological polar surface area (TPSA) is 47.9 Å². The first-order valence-electron chi connectivity index (χ1n) is 4.43. The molecule has 11 heavy (non-hydrogen) atoms. The van der Waals surface area contributed by atoms with Crippen molar-refractivity contribution in [1.82, 2.24) is 10.6 Å². The molecule has 1 aliphatic carbocycles. The predicted octanol–water partition coefficient (Wildman–Crippen LogP) is 0.468. The first-order chi connectivity index (χ1) is 5.36. The van der Waals surface area contributed by atoms with Crippen molar-refractivity contribution < 1.29 is 0 Å². The van der Waals surface area contributed by atoms with Gasteiger partial charge in [0.25, 0.3) is 0 Å². The van der Waals surface area contributed by atoms with Crippen molar-refractivity contribution in [3.8, 4) is 0 Å². The molecule has 0 spiro atoms. The lowest BCUT2D eigenvalue weighted by Crippen LogP contribution is -2.59. The SMILES string of the molecule is N=C1CN[C@H]2CCCC[C@@H]2N1. The molecule has 0 amide bonds. The van der Waals surface area contributed by atoms with E-state index in [1.165, 1.54) is 25.7 Å². The van der Waals surface area contributed by atoms with Crippen molar-refractivity contribution in [2.45, 2.75) is 37.8 Å². The van der Waals surface area contributed by atoms with Gasteiger partial charge in [0.05, 0.1) is 6.54 Å². The van der Waals surface area contributed by atoms with Gasteiger partial charge >= 0.3 is 0 Å². The molecule has 1 saturated heterocycles. The minimum absolute atomic E-state index is 0.546. The highest BCUT2D eigenvalue weighted by molar-refractivity contribution is 5.82. The minimum atomic E-state index is 0.546. The minimum Gasteiger partial charge on any atom is -0.369 e. The first-order valence-corrected chi connectivity index (χ1v) is 4.43. The molecular weight excluding hydrogens is 138 g/mol. The highest BCUT2D eigenvalue weighted by Gasteiger charge is 2.28. The van der Waals surface area contributed by atoms with E-state index in [1.807, 2.05) is 0 Å². The molecule has 1 aliphatic heterocycles. The normalized spacial score (nSPS) is 37.6. The van der Waals surface area contributed by atoms with Gasteiger partial charge < -0.3 is 10.6 Å². The average molecular weight is 153 g/mol. The van der Waals surface area contributed by atoms with Gasteiger partial charge in [-0.1, -0.05) is 12.8 Å². The Hall–Kier alpha value is -0.570. The summed E-state index contributed by atoms with van der Waals surface area (Å²) in [6.07, 6.45) is 5.19. The van der Waals surface area contributed by atoms with Crippen LogP contribution >= 0.6 is 0 Å². The molecule has 0 aromatic rings. The highest BCUT2D eigenvalue weighted by atomic mass is 15.1. The van der Waals surface area contributed by atoms with Crippen molar-refractivity contribution in [3.05, 3.63) is 0 Å². The number of hydrogen-bond acceptors (Lipinski definition) is 2. The molecule has 2 aliphatic rings. The Labute approximate surface area is 67.1 Å². The van der Waals surface area contributed by atoms with Gasteiger partial charge in [-0.2, -0.15) is 0 Å². The quantitative estimate of drug-likeness (QED) is 0.473. The fraction of sp³-hybridized carbons (Fsp3) is 0.875. The second kappa shape index (κ2) is 2.81. The van der Waals surface area contributed by atoms with Crippen LogP contribution < -0.4 is 10.6 Å². The summed E-state index contributed by atoms with van der Waals surface area (Å²) in [5.74, 6) is 0.660. The Bertz CT molecular complexity index is 167. The molecule has 2 atom stereocenters. The molecule has 1 saturated carbocycles. The molecule has 0 aromatic carbocycles. The summed E-state index contributed by atoms with van der Waals surface area (Å²) in [7, 11) is 0. The first kappa shape index (κ1) is 7.10. The maximum atomic E-state index is 7.44. The van der Waals surface area contributed by atoms with Gasteiger partial charge in [0.2, 0.25) is 0 Å². The maximum Gasteiger partial charge on any atom is 0.108 e. The standard InChI is InChI=1S/C8H15N3/c9-8-5-10-6-3-1-2-4-7(6)11-8/h6-7,10H,1-5H2,(H2,9,11)/t6-,7-/m0/s1. The predicted molar refractivity (Wildman–Crippen MR) is 44.9 cm³/mol. The van der Waals surface area contributed by atoms with E-state index in [9.17, 15) is 0 Å². The highest BCUT2D eigenvalue weighted by Crippen LogP contribution is 2.19. The Balaban J connectivity index is 1.98. The Kier molecular flexibility index (Phi) is 1.82. The second-order valence-electron chi connectivity index (χ2n) is 3.50. The zero-order valence-corrected chi connectivity index (χ0v) is 6.69. The lowest BCUT2D eigenvalue weighted by molar-refractivity contribution is 0.299. The van der Waals surface area contributed by atoms with Gasteiger partial charge in [-0.15, -0.1) is 0 Å². The molecule has 62 valence electrons. The van der Waals surface area contributed by atoms with Crippen LogP contribution in [0.5, 0.6) is 0 Å². The molecular formula is C8H15N3. The van der Waals surface area contributed by atoms with E-state index in [0.717, 1.165) is 6.54 Å². The summed E-state index contributed by atoms with van der Waals surface area (Å²) >= 11 is 0. The van der Waals surface area contributed by atoms with E-state index in [1.54, 1.807) is 0 Å². The third-order valence-electron chi connectivity index (χ3n) is 2.67. The van der Waals surface area contributed by atoms with Crippen molar-refractivity contribution in [1.29, 1.82) is 5.41 Å². The number of piperazine rings is 1. The molecule has 2 rings (SSSR count). The molecule has 0 radical (unpaired) electrons. The van der Waals surface area contributed by atoms with Gasteiger partial charge in [0.15, 0.2) is 0 Å². The summed E-state index contributed by atoms with van der Waals surface area (Å²) in [5, 5.41) is 14.1. The lowest BCUT2D eigenvalue weighted by Gasteiger charge is -2.37. The summed E-state index contributed by atoms with van der Waals surface area (Å²) in [4.78, 5) is 0. The number of nitrogens with one attached hydrogen (secondary N) is 3. The van der Waals surface area contributed by atoms with Gasteiger partial charge in [-0.3, -0.25) is 5.41 Å². The van der Waals surface area contributed by atoms with Crippen molar-refractivity contribution >= 4 is 5.84 Å². The third-order valence-corrected chi connectivity index (χ3v) is 2.67. The van der Waals surface area contributed by atoms with Crippen LogP contribution in [0.15, 0.2) is 0 Å². The van der Waals surface area contributed by atoms with E-state index in [0.29, 0.717) is 17.9 Å². The van der Waals surface area contributed by atoms with Crippen LogP contribution in [0, 0.1) is 5.41 Å². The van der Waals surface area contributed by atoms with Crippen molar-refractivity contribution in [2.24, 2.45) is 0 Å². The Morgan fingerprint density at radius 1 is 1.18 bits per heavy atom. The third kappa shape index (κ3) is 1.38. The van der Waals surface area contributed by atoms with E-state index >= 15 is 0 Å². The van der Waals surface area contributed by atoms with Gasteiger partial charge in [-0.25, -0.2) is 0 Å². The number of rotatable bonds is 0. The monoisotopic (exact) mass is 153 g/mol. The van der Waals surface area contributed by atoms with E-state index in [-0.39, 0.29) is 0 Å². The fourth-order valence-electron chi connectivity index (χ4n) is 2.06. The van der Waals surface area contributed by atoms with Crippen LogP contribution in [0.3, 0.4) is 0 Å². The van der Waals surface area contributed by atoms with E-state index < -0.39 is 0 Å². The lowest BCUT2D eigenvalue weighted by atomic mass is 9.89.